The van der Waals surface area contributed by atoms with Gasteiger partial charge in [-0.05, 0) is 74.9 Å². The quantitative estimate of drug-likeness (QED) is 0.175. The molecule has 0 fully saturated rings. The first-order valence-electron chi connectivity index (χ1n) is 18.1. The second-order valence-corrected chi connectivity index (χ2v) is 17.0. The summed E-state index contributed by atoms with van der Waals surface area (Å²) >= 11 is 0. The van der Waals surface area contributed by atoms with Crippen LogP contribution in [0.2, 0.25) is 0 Å². The van der Waals surface area contributed by atoms with Crippen LogP contribution in [0.25, 0.3) is 61.6 Å². The topological polar surface area (TPSA) is 50.9 Å². The fourth-order valence-electron chi connectivity index (χ4n) is 6.70. The number of aromatic hydroxyl groups is 1. The van der Waals surface area contributed by atoms with Crippen molar-refractivity contribution < 1.29 is 26.2 Å². The van der Waals surface area contributed by atoms with Crippen LogP contribution in [0.15, 0.2) is 121 Å². The molecule has 0 aliphatic rings. The Bertz CT molecular complexity index is 2380. The summed E-state index contributed by atoms with van der Waals surface area (Å²) in [4.78, 5) is 10.1. The number of benzene rings is 5. The Balaban J connectivity index is 0.00000481. The van der Waals surface area contributed by atoms with E-state index < -0.39 is 0 Å². The maximum Gasteiger partial charge on any atom is 0.148 e. The molecule has 2 aromatic heterocycles. The third kappa shape index (κ3) is 7.66. The second kappa shape index (κ2) is 14.2. The largest absolute Gasteiger partial charge is 0.507 e. The molecule has 0 spiro atoms. The van der Waals surface area contributed by atoms with Crippen LogP contribution in [-0.4, -0.2) is 19.6 Å². The van der Waals surface area contributed by atoms with Crippen LogP contribution in [0, 0.1) is 6.07 Å². The molecule has 0 aliphatic carbocycles. The van der Waals surface area contributed by atoms with Crippen LogP contribution in [-0.2, 0) is 37.3 Å². The predicted molar refractivity (Wildman–Crippen MR) is 217 cm³/mol. The smallest absolute Gasteiger partial charge is 0.148 e. The summed E-state index contributed by atoms with van der Waals surface area (Å²) in [5.74, 6) is 0.864. The first-order chi connectivity index (χ1) is 24.6. The molecule has 0 unspecified atom stereocenters. The Kier molecular flexibility index (Phi) is 10.2. The van der Waals surface area contributed by atoms with Gasteiger partial charge in [0.05, 0.1) is 16.6 Å². The second-order valence-electron chi connectivity index (χ2n) is 17.0. The number of phenols is 1. The number of imidazole rings is 1. The number of para-hydroxylation sites is 1. The first-order valence-corrected chi connectivity index (χ1v) is 18.1. The van der Waals surface area contributed by atoms with Gasteiger partial charge in [-0.25, -0.2) is 4.98 Å². The van der Waals surface area contributed by atoms with Crippen LogP contribution in [0.4, 0.5) is 0 Å². The summed E-state index contributed by atoms with van der Waals surface area (Å²) in [5.41, 5.74) is 12.7. The van der Waals surface area contributed by atoms with Crippen molar-refractivity contribution in [3.63, 3.8) is 0 Å². The predicted octanol–water partition coefficient (Wildman–Crippen LogP) is 12.5. The summed E-state index contributed by atoms with van der Waals surface area (Å²) in [7, 11) is 0. The van der Waals surface area contributed by atoms with Crippen LogP contribution in [0.5, 0.6) is 5.75 Å². The molecule has 0 bridgehead atoms. The molecule has 272 valence electrons. The Morgan fingerprint density at radius 1 is 0.566 bits per heavy atom. The van der Waals surface area contributed by atoms with Gasteiger partial charge in [-0.2, -0.15) is 0 Å². The van der Waals surface area contributed by atoms with Gasteiger partial charge in [0.2, 0.25) is 0 Å². The number of fused-ring (bicyclic) bond motifs is 1. The third-order valence-electron chi connectivity index (χ3n) is 9.90. The van der Waals surface area contributed by atoms with Crippen LogP contribution in [0.3, 0.4) is 0 Å². The molecule has 5 heteroatoms. The van der Waals surface area contributed by atoms with Gasteiger partial charge in [0.1, 0.15) is 11.6 Å². The van der Waals surface area contributed by atoms with E-state index in [1.54, 1.807) is 0 Å². The van der Waals surface area contributed by atoms with E-state index in [-0.39, 0.29) is 43.1 Å². The van der Waals surface area contributed by atoms with E-state index in [1.165, 1.54) is 16.7 Å². The number of hydrogen-bond donors (Lipinski definition) is 1. The van der Waals surface area contributed by atoms with Gasteiger partial charge >= 0.3 is 0 Å². The molecule has 4 nitrogen and oxygen atoms in total. The van der Waals surface area contributed by atoms with Gasteiger partial charge < -0.3 is 5.11 Å². The zero-order valence-corrected chi connectivity index (χ0v) is 34.4. The average Bonchev–Trinajstić information content (AvgIpc) is 3.50. The van der Waals surface area contributed by atoms with Crippen molar-refractivity contribution in [2.45, 2.75) is 78.6 Å². The van der Waals surface area contributed by atoms with E-state index in [0.29, 0.717) is 11.4 Å². The minimum Gasteiger partial charge on any atom is -0.507 e. The fraction of sp³-hybridized carbons (Fsp3) is 0.250. The molecular weight excluding hydrogens is 830 g/mol. The molecule has 0 amide bonds. The van der Waals surface area contributed by atoms with Crippen molar-refractivity contribution in [1.29, 1.82) is 0 Å². The summed E-state index contributed by atoms with van der Waals surface area (Å²) in [5, 5.41) is 11.8. The molecule has 7 aromatic rings. The van der Waals surface area contributed by atoms with Crippen LogP contribution >= 0.6 is 0 Å². The van der Waals surface area contributed by atoms with Gasteiger partial charge in [0.15, 0.2) is 0 Å². The number of rotatable bonds is 5. The molecule has 0 saturated carbocycles. The van der Waals surface area contributed by atoms with E-state index in [0.717, 1.165) is 50.2 Å². The minimum absolute atomic E-state index is 0. The maximum atomic E-state index is 11.8. The molecule has 7 rings (SSSR count). The van der Waals surface area contributed by atoms with Gasteiger partial charge in [-0.3, -0.25) is 9.55 Å². The van der Waals surface area contributed by atoms with Gasteiger partial charge in [0.25, 0.3) is 0 Å². The van der Waals surface area contributed by atoms with Crippen molar-refractivity contribution >= 4 is 11.0 Å². The monoisotopic (exact) mass is 877 g/mol. The Hall–Kier alpha value is -4.79. The van der Waals surface area contributed by atoms with Crippen LogP contribution in [0.1, 0.15) is 79.0 Å². The molecule has 0 radical (unpaired) electrons. The maximum absolute atomic E-state index is 11.8. The van der Waals surface area contributed by atoms with E-state index in [9.17, 15) is 5.11 Å². The van der Waals surface area contributed by atoms with E-state index in [1.807, 2.05) is 54.7 Å². The van der Waals surface area contributed by atoms with Crippen molar-refractivity contribution in [1.82, 2.24) is 14.5 Å². The molecule has 5 aromatic carbocycles. The average molecular weight is 878 g/mol. The first kappa shape index (κ1) is 37.9. The SMILES string of the molecule is CC(C)(C)c1cc(-c2ccccn2)[c-]c(-c2cccc3c2nc(-c2ccc(-c4ccccc4)cc2O)n3-c2cc(C(C)(C)C)cc(C(C)(C)C)c2)c1.[Pt]. The summed E-state index contributed by atoms with van der Waals surface area (Å²) in [6, 6.07) is 43.5. The summed E-state index contributed by atoms with van der Waals surface area (Å²) < 4.78 is 2.23. The Morgan fingerprint density at radius 3 is 1.79 bits per heavy atom. The molecule has 0 aliphatic heterocycles. The number of phenolic OH excluding ortho intramolecular Hbond substituents is 1. The number of aromatic nitrogens is 3. The Labute approximate surface area is 329 Å². The van der Waals surface area contributed by atoms with Gasteiger partial charge in [-0.15, -0.1) is 29.3 Å². The molecule has 2 heterocycles. The zero-order valence-electron chi connectivity index (χ0n) is 32.2. The molecule has 0 atom stereocenters. The number of hydrogen-bond acceptors (Lipinski definition) is 3. The summed E-state index contributed by atoms with van der Waals surface area (Å²) in [6.45, 7) is 20.3. The standard InChI is InChI=1S/C48H48N3O.Pt/c1-46(2,3)35-25-33(24-34(26-35)41-19-13-14-23-49-41)39-18-15-20-42-44(39)50-45(40-22-21-32(27-43(40)52)31-16-11-10-12-17-31)51(42)38-29-36(47(4,5)6)28-37(30-38)48(7,8)9;/h10-23,25-30,52H,1-9H3;/q-1;. The molecule has 53 heavy (non-hydrogen) atoms. The van der Waals surface area contributed by atoms with Crippen molar-refractivity contribution in [3.05, 3.63) is 144 Å². The molecule has 1 N–H and O–H groups in total. The summed E-state index contributed by atoms with van der Waals surface area (Å²) in [6.07, 6.45) is 1.83. The van der Waals surface area contributed by atoms with E-state index in [2.05, 4.69) is 145 Å². The molecule has 0 saturated heterocycles. The number of pyridine rings is 1. The van der Waals surface area contributed by atoms with Crippen molar-refractivity contribution in [3.8, 4) is 56.3 Å². The number of nitrogens with zero attached hydrogens (tertiary/aromatic N) is 3. The Morgan fingerprint density at radius 2 is 1.19 bits per heavy atom. The van der Waals surface area contributed by atoms with Crippen LogP contribution < -0.4 is 0 Å². The van der Waals surface area contributed by atoms with Gasteiger partial charge in [-0.1, -0.05) is 140 Å². The van der Waals surface area contributed by atoms with Gasteiger partial charge in [0, 0.05) is 38.6 Å². The zero-order chi connectivity index (χ0) is 37.0. The van der Waals surface area contributed by atoms with E-state index in [4.69, 9.17) is 4.98 Å². The third-order valence-corrected chi connectivity index (χ3v) is 9.90. The normalized spacial score (nSPS) is 12.2. The van der Waals surface area contributed by atoms with Crippen molar-refractivity contribution in [2.75, 3.05) is 0 Å². The minimum atomic E-state index is -0.102. The fourth-order valence-corrected chi connectivity index (χ4v) is 6.70. The molecular formula is C48H48N3OPt-. The van der Waals surface area contributed by atoms with E-state index >= 15 is 0 Å². The van der Waals surface area contributed by atoms with Crippen molar-refractivity contribution in [2.24, 2.45) is 0 Å².